The topological polar surface area (TPSA) is 63.2 Å². The lowest BCUT2D eigenvalue weighted by atomic mass is 10.0. The Morgan fingerprint density at radius 3 is 2.71 bits per heavy atom. The molecule has 2 aromatic rings. The highest BCUT2D eigenvalue weighted by Gasteiger charge is 2.35. The highest BCUT2D eigenvalue weighted by atomic mass is 16.5. The van der Waals surface area contributed by atoms with Crippen LogP contribution in [-0.2, 0) is 4.74 Å². The lowest BCUT2D eigenvalue weighted by Gasteiger charge is -2.35. The van der Waals surface area contributed by atoms with Crippen LogP contribution in [0.25, 0.3) is 0 Å². The highest BCUT2D eigenvalue weighted by Crippen LogP contribution is 2.37. The minimum Gasteiger partial charge on any atom is -0.381 e. The molecular weight excluding hydrogens is 302 g/mol. The van der Waals surface area contributed by atoms with Gasteiger partial charge >= 0.3 is 0 Å². The Bertz CT molecular complexity index is 659. The molecule has 0 bridgehead atoms. The van der Waals surface area contributed by atoms with E-state index in [1.807, 2.05) is 18.2 Å². The Labute approximate surface area is 142 Å². The molecule has 1 atom stereocenters. The number of hydrogen-bond acceptors (Lipinski definition) is 6. The first-order valence-electron chi connectivity index (χ1n) is 8.74. The third-order valence-electron chi connectivity index (χ3n) is 4.91. The Morgan fingerprint density at radius 2 is 1.88 bits per heavy atom. The maximum Gasteiger partial charge on any atom is 0.154 e. The van der Waals surface area contributed by atoms with Crippen LogP contribution in [0.15, 0.2) is 36.8 Å². The van der Waals surface area contributed by atoms with Crippen LogP contribution in [0, 0.1) is 0 Å². The maximum absolute atomic E-state index is 5.53. The molecule has 2 aromatic heterocycles. The fraction of sp³-hybridized carbons (Fsp3) is 0.500. The molecule has 0 amide bonds. The van der Waals surface area contributed by atoms with Gasteiger partial charge in [-0.1, -0.05) is 6.07 Å². The number of ether oxygens (including phenoxy) is 1. The summed E-state index contributed by atoms with van der Waals surface area (Å²) in [5.41, 5.74) is 1.03. The summed E-state index contributed by atoms with van der Waals surface area (Å²) in [7, 11) is 0. The van der Waals surface area contributed by atoms with Gasteiger partial charge in [-0.15, -0.1) is 0 Å². The Morgan fingerprint density at radius 1 is 1.00 bits per heavy atom. The number of aromatic nitrogens is 3. The van der Waals surface area contributed by atoms with Crippen LogP contribution < -0.4 is 5.32 Å². The Kier molecular flexibility index (Phi) is 4.66. The van der Waals surface area contributed by atoms with E-state index in [1.54, 1.807) is 18.6 Å². The van der Waals surface area contributed by atoms with E-state index in [2.05, 4.69) is 25.2 Å². The first kappa shape index (κ1) is 15.5. The van der Waals surface area contributed by atoms with Crippen molar-refractivity contribution in [3.05, 3.63) is 42.5 Å². The maximum atomic E-state index is 5.53. The van der Waals surface area contributed by atoms with E-state index in [-0.39, 0.29) is 0 Å². The summed E-state index contributed by atoms with van der Waals surface area (Å²) in [4.78, 5) is 16.2. The van der Waals surface area contributed by atoms with Crippen molar-refractivity contribution in [1.82, 2.24) is 19.9 Å². The number of rotatable bonds is 4. The second-order valence-electron chi connectivity index (χ2n) is 6.37. The molecule has 2 saturated heterocycles. The monoisotopic (exact) mass is 325 g/mol. The van der Waals surface area contributed by atoms with Gasteiger partial charge < -0.3 is 10.1 Å². The van der Waals surface area contributed by atoms with Gasteiger partial charge in [0.05, 0.1) is 6.04 Å². The van der Waals surface area contributed by atoms with Crippen molar-refractivity contribution in [1.29, 1.82) is 0 Å². The first-order valence-corrected chi connectivity index (χ1v) is 8.74. The average molecular weight is 325 g/mol. The van der Waals surface area contributed by atoms with Gasteiger partial charge in [-0.25, -0.2) is 9.97 Å². The highest BCUT2D eigenvalue weighted by molar-refractivity contribution is 5.54. The lowest BCUT2D eigenvalue weighted by Crippen LogP contribution is -2.39. The molecule has 0 saturated carbocycles. The zero-order valence-corrected chi connectivity index (χ0v) is 13.8. The van der Waals surface area contributed by atoms with Crippen LogP contribution in [-0.4, -0.2) is 45.7 Å². The molecule has 126 valence electrons. The van der Waals surface area contributed by atoms with Gasteiger partial charge in [0.15, 0.2) is 5.82 Å². The van der Waals surface area contributed by atoms with Crippen LogP contribution in [0.5, 0.6) is 0 Å². The predicted molar refractivity (Wildman–Crippen MR) is 92.1 cm³/mol. The first-order chi connectivity index (χ1) is 11.9. The summed E-state index contributed by atoms with van der Waals surface area (Å²) in [5, 5.41) is 3.34. The molecule has 6 heteroatoms. The molecule has 6 nitrogen and oxygen atoms in total. The third-order valence-corrected chi connectivity index (χ3v) is 4.91. The van der Waals surface area contributed by atoms with E-state index in [9.17, 15) is 0 Å². The van der Waals surface area contributed by atoms with Crippen LogP contribution >= 0.6 is 0 Å². The number of pyridine rings is 1. The fourth-order valence-corrected chi connectivity index (χ4v) is 3.78. The summed E-state index contributed by atoms with van der Waals surface area (Å²) in [5.74, 6) is 1.62. The molecule has 2 aliphatic rings. The van der Waals surface area contributed by atoms with Crippen molar-refractivity contribution in [3.63, 3.8) is 0 Å². The van der Waals surface area contributed by atoms with Crippen molar-refractivity contribution >= 4 is 11.6 Å². The number of hydrogen-bond donors (Lipinski definition) is 1. The summed E-state index contributed by atoms with van der Waals surface area (Å²) >= 11 is 0. The molecule has 0 unspecified atom stereocenters. The minimum absolute atomic E-state index is 0.327. The molecule has 0 radical (unpaired) electrons. The Balaban J connectivity index is 1.58. The molecule has 0 aliphatic carbocycles. The van der Waals surface area contributed by atoms with Crippen LogP contribution in [0.3, 0.4) is 0 Å². The molecular formula is C18H23N5O. The second-order valence-corrected chi connectivity index (χ2v) is 6.37. The van der Waals surface area contributed by atoms with E-state index < -0.39 is 0 Å². The van der Waals surface area contributed by atoms with E-state index in [0.717, 1.165) is 56.4 Å². The van der Waals surface area contributed by atoms with E-state index >= 15 is 0 Å². The SMILES string of the molecule is c1ccc(Nc2nccnc2[C@@H]2CCCN2C2CCOCC2)nc1. The molecule has 0 aromatic carbocycles. The standard InChI is InChI=1S/C18H23N5O/c1-2-8-19-16(5-1)22-18-17(20-9-10-21-18)15-4-3-11-23(15)14-6-12-24-13-7-14/h1-2,5,8-10,14-15H,3-4,6-7,11-13H2,(H,19,21,22)/t15-/m0/s1. The van der Waals surface area contributed by atoms with Crippen LogP contribution in [0.2, 0.25) is 0 Å². The van der Waals surface area contributed by atoms with E-state index in [1.165, 1.54) is 6.42 Å². The summed E-state index contributed by atoms with van der Waals surface area (Å²) in [6, 6.07) is 6.74. The van der Waals surface area contributed by atoms with Gasteiger partial charge in [0, 0.05) is 37.8 Å². The van der Waals surface area contributed by atoms with Gasteiger partial charge in [0.2, 0.25) is 0 Å². The molecule has 1 N–H and O–H groups in total. The van der Waals surface area contributed by atoms with E-state index in [4.69, 9.17) is 4.74 Å². The normalized spacial score (nSPS) is 22.6. The molecule has 24 heavy (non-hydrogen) atoms. The fourth-order valence-electron chi connectivity index (χ4n) is 3.78. The van der Waals surface area contributed by atoms with Gasteiger partial charge in [-0.2, -0.15) is 0 Å². The molecule has 0 spiro atoms. The molecule has 4 rings (SSSR count). The third kappa shape index (κ3) is 3.25. The van der Waals surface area contributed by atoms with Gasteiger partial charge in [0.25, 0.3) is 0 Å². The number of nitrogens with one attached hydrogen (secondary N) is 1. The predicted octanol–water partition coefficient (Wildman–Crippen LogP) is 2.93. The number of nitrogens with zero attached hydrogens (tertiary/aromatic N) is 4. The zero-order valence-electron chi connectivity index (χ0n) is 13.8. The van der Waals surface area contributed by atoms with Crippen molar-refractivity contribution in [3.8, 4) is 0 Å². The van der Waals surface area contributed by atoms with Gasteiger partial charge in [-0.05, 0) is 44.4 Å². The largest absolute Gasteiger partial charge is 0.381 e. The summed E-state index contributed by atoms with van der Waals surface area (Å²) in [6.07, 6.45) is 9.87. The number of anilines is 2. The molecule has 2 aliphatic heterocycles. The second kappa shape index (κ2) is 7.23. The minimum atomic E-state index is 0.327. The van der Waals surface area contributed by atoms with Crippen molar-refractivity contribution < 1.29 is 4.74 Å². The number of likely N-dealkylation sites (tertiary alicyclic amines) is 1. The van der Waals surface area contributed by atoms with Gasteiger partial charge in [0.1, 0.15) is 11.5 Å². The van der Waals surface area contributed by atoms with Crippen molar-refractivity contribution in [2.75, 3.05) is 25.1 Å². The zero-order chi connectivity index (χ0) is 16.2. The lowest BCUT2D eigenvalue weighted by molar-refractivity contribution is 0.0286. The van der Waals surface area contributed by atoms with Crippen molar-refractivity contribution in [2.45, 2.75) is 37.8 Å². The van der Waals surface area contributed by atoms with Crippen LogP contribution in [0.1, 0.15) is 37.4 Å². The summed E-state index contributed by atoms with van der Waals surface area (Å²) < 4.78 is 5.53. The van der Waals surface area contributed by atoms with E-state index in [0.29, 0.717) is 12.1 Å². The molecule has 4 heterocycles. The smallest absolute Gasteiger partial charge is 0.154 e. The van der Waals surface area contributed by atoms with Crippen LogP contribution in [0.4, 0.5) is 11.6 Å². The average Bonchev–Trinajstić information content (AvgIpc) is 3.13. The van der Waals surface area contributed by atoms with Gasteiger partial charge in [-0.3, -0.25) is 9.88 Å². The quantitative estimate of drug-likeness (QED) is 0.932. The summed E-state index contributed by atoms with van der Waals surface area (Å²) in [6.45, 7) is 2.87. The van der Waals surface area contributed by atoms with Crippen molar-refractivity contribution in [2.24, 2.45) is 0 Å². The molecule has 2 fully saturated rings. The Hall–Kier alpha value is -2.05.